The van der Waals surface area contributed by atoms with E-state index in [4.69, 9.17) is 4.74 Å². The quantitative estimate of drug-likeness (QED) is 0.658. The molecule has 0 radical (unpaired) electrons. The largest absolute Gasteiger partial charge is 0.497 e. The average Bonchev–Trinajstić information content (AvgIpc) is 2.96. The molecular weight excluding hydrogens is 388 g/mol. The molecule has 1 spiro atoms. The number of amides is 5. The van der Waals surface area contributed by atoms with Gasteiger partial charge in [-0.2, -0.15) is 0 Å². The Morgan fingerprint density at radius 1 is 1.17 bits per heavy atom. The molecule has 1 aliphatic carbocycles. The molecule has 1 aromatic carbocycles. The zero-order valence-corrected chi connectivity index (χ0v) is 17.4. The highest BCUT2D eigenvalue weighted by Crippen LogP contribution is 2.33. The Morgan fingerprint density at radius 2 is 1.83 bits per heavy atom. The van der Waals surface area contributed by atoms with E-state index < -0.39 is 11.6 Å². The van der Waals surface area contributed by atoms with Crippen LogP contribution in [0.2, 0.25) is 0 Å². The van der Waals surface area contributed by atoms with Crippen LogP contribution in [-0.2, 0) is 14.4 Å². The predicted octanol–water partition coefficient (Wildman–Crippen LogP) is 1.74. The number of imide groups is 1. The third-order valence-electron chi connectivity index (χ3n) is 5.68. The first kappa shape index (κ1) is 21.6. The maximum absolute atomic E-state index is 12.7. The van der Waals surface area contributed by atoms with Gasteiger partial charge in [0.05, 0.1) is 13.7 Å². The lowest BCUT2D eigenvalue weighted by atomic mass is 9.82. The van der Waals surface area contributed by atoms with E-state index in [0.29, 0.717) is 24.3 Å². The minimum Gasteiger partial charge on any atom is -0.497 e. The van der Waals surface area contributed by atoms with Crippen LogP contribution in [0.1, 0.15) is 38.5 Å². The van der Waals surface area contributed by atoms with Crippen molar-refractivity contribution in [3.8, 4) is 5.75 Å². The second-order valence-electron chi connectivity index (χ2n) is 7.81. The van der Waals surface area contributed by atoms with E-state index in [1.807, 2.05) is 0 Å². The summed E-state index contributed by atoms with van der Waals surface area (Å²) in [5.74, 6) is -0.215. The van der Waals surface area contributed by atoms with Crippen LogP contribution in [0, 0.1) is 0 Å². The van der Waals surface area contributed by atoms with Crippen LogP contribution >= 0.6 is 0 Å². The normalized spacial score (nSPS) is 17.6. The lowest BCUT2D eigenvalue weighted by Gasteiger charge is -2.30. The number of nitrogens with zero attached hydrogens (tertiary/aromatic N) is 2. The molecule has 1 heterocycles. The monoisotopic (exact) mass is 416 g/mol. The number of carbonyl (C=O) groups is 4. The Bertz CT molecular complexity index is 817. The highest BCUT2D eigenvalue weighted by atomic mass is 16.5. The number of carbonyl (C=O) groups excluding carboxylic acids is 4. The van der Waals surface area contributed by atoms with Crippen molar-refractivity contribution in [2.75, 3.05) is 32.6 Å². The molecule has 0 atom stereocenters. The Balaban J connectivity index is 1.47. The van der Waals surface area contributed by atoms with E-state index in [1.54, 1.807) is 31.4 Å². The van der Waals surface area contributed by atoms with Crippen molar-refractivity contribution in [2.24, 2.45) is 0 Å². The summed E-state index contributed by atoms with van der Waals surface area (Å²) in [4.78, 5) is 52.0. The predicted molar refractivity (Wildman–Crippen MR) is 110 cm³/mol. The molecule has 3 rings (SSSR count). The topological polar surface area (TPSA) is 108 Å². The zero-order chi connectivity index (χ0) is 21.7. The van der Waals surface area contributed by atoms with Crippen molar-refractivity contribution < 1.29 is 23.9 Å². The van der Waals surface area contributed by atoms with E-state index in [9.17, 15) is 19.2 Å². The van der Waals surface area contributed by atoms with E-state index in [0.717, 1.165) is 24.2 Å². The van der Waals surface area contributed by atoms with Crippen molar-refractivity contribution in [3.05, 3.63) is 24.3 Å². The molecule has 2 fully saturated rings. The van der Waals surface area contributed by atoms with Crippen LogP contribution in [0.4, 0.5) is 10.5 Å². The number of hydrogen-bond acceptors (Lipinski definition) is 5. The average molecular weight is 416 g/mol. The number of rotatable bonds is 7. The van der Waals surface area contributed by atoms with Crippen molar-refractivity contribution >= 4 is 29.4 Å². The van der Waals surface area contributed by atoms with Gasteiger partial charge in [0.15, 0.2) is 0 Å². The molecule has 2 N–H and O–H groups in total. The fourth-order valence-electron chi connectivity index (χ4n) is 3.95. The van der Waals surface area contributed by atoms with Gasteiger partial charge in [0.2, 0.25) is 11.8 Å². The van der Waals surface area contributed by atoms with Crippen LogP contribution in [0.3, 0.4) is 0 Å². The van der Waals surface area contributed by atoms with Crippen molar-refractivity contribution in [3.63, 3.8) is 0 Å². The maximum Gasteiger partial charge on any atom is 0.325 e. The number of nitrogens with one attached hydrogen (secondary N) is 2. The van der Waals surface area contributed by atoms with Gasteiger partial charge in [0.25, 0.3) is 5.91 Å². The highest BCUT2D eigenvalue weighted by molar-refractivity contribution is 6.07. The highest BCUT2D eigenvalue weighted by Gasteiger charge is 2.51. The van der Waals surface area contributed by atoms with Gasteiger partial charge in [-0.05, 0) is 37.1 Å². The van der Waals surface area contributed by atoms with Crippen molar-refractivity contribution in [1.82, 2.24) is 15.1 Å². The summed E-state index contributed by atoms with van der Waals surface area (Å²) < 4.78 is 5.07. The summed E-state index contributed by atoms with van der Waals surface area (Å²) in [6, 6.07) is 6.42. The molecule has 9 nitrogen and oxygen atoms in total. The van der Waals surface area contributed by atoms with Crippen LogP contribution in [0.25, 0.3) is 0 Å². The zero-order valence-electron chi connectivity index (χ0n) is 17.4. The van der Waals surface area contributed by atoms with E-state index >= 15 is 0 Å². The summed E-state index contributed by atoms with van der Waals surface area (Å²) >= 11 is 0. The second kappa shape index (κ2) is 9.15. The number of hydrogen-bond donors (Lipinski definition) is 2. The Hall–Kier alpha value is -3.10. The van der Waals surface area contributed by atoms with Gasteiger partial charge < -0.3 is 20.3 Å². The number of methoxy groups -OCH3 is 1. The van der Waals surface area contributed by atoms with Gasteiger partial charge >= 0.3 is 6.03 Å². The molecular formula is C21H28N4O5. The first-order valence-corrected chi connectivity index (χ1v) is 10.2. The number of benzene rings is 1. The molecule has 1 aliphatic heterocycles. The molecule has 9 heteroatoms. The molecule has 30 heavy (non-hydrogen) atoms. The van der Waals surface area contributed by atoms with Gasteiger partial charge in [-0.1, -0.05) is 19.3 Å². The fraction of sp³-hybridized carbons (Fsp3) is 0.524. The minimum atomic E-state index is -0.789. The summed E-state index contributed by atoms with van der Waals surface area (Å²) in [6.07, 6.45) is 4.14. The van der Waals surface area contributed by atoms with Crippen LogP contribution < -0.4 is 15.4 Å². The van der Waals surface area contributed by atoms with Gasteiger partial charge in [0.1, 0.15) is 11.3 Å². The first-order chi connectivity index (χ1) is 14.3. The van der Waals surface area contributed by atoms with E-state index in [-0.39, 0.29) is 37.2 Å². The Morgan fingerprint density at radius 3 is 2.47 bits per heavy atom. The summed E-state index contributed by atoms with van der Waals surface area (Å²) in [6.45, 7) is -0.120. The second-order valence-corrected chi connectivity index (χ2v) is 7.81. The molecule has 2 aliphatic rings. The van der Waals surface area contributed by atoms with Gasteiger partial charge in [-0.3, -0.25) is 19.3 Å². The van der Waals surface area contributed by atoms with Gasteiger partial charge in [-0.15, -0.1) is 0 Å². The number of anilines is 1. The van der Waals surface area contributed by atoms with E-state index in [2.05, 4.69) is 10.6 Å². The molecule has 1 saturated carbocycles. The lowest BCUT2D eigenvalue weighted by Crippen LogP contribution is -2.48. The van der Waals surface area contributed by atoms with Crippen LogP contribution in [0.15, 0.2) is 24.3 Å². The molecule has 0 bridgehead atoms. The van der Waals surface area contributed by atoms with E-state index in [1.165, 1.54) is 11.9 Å². The molecule has 5 amide bonds. The number of likely N-dealkylation sites (N-methyl/N-ethyl adjacent to an activating group) is 1. The summed E-state index contributed by atoms with van der Waals surface area (Å²) in [5.41, 5.74) is -0.193. The Labute approximate surface area is 175 Å². The lowest BCUT2D eigenvalue weighted by molar-refractivity contribution is -0.135. The molecule has 0 unspecified atom stereocenters. The van der Waals surface area contributed by atoms with Gasteiger partial charge in [-0.25, -0.2) is 4.79 Å². The maximum atomic E-state index is 12.7. The molecule has 1 saturated heterocycles. The minimum absolute atomic E-state index is 0.00961. The van der Waals surface area contributed by atoms with Gasteiger partial charge in [0, 0.05) is 25.7 Å². The summed E-state index contributed by atoms with van der Waals surface area (Å²) in [7, 11) is 3.08. The standard InChI is InChI=1S/C21H28N4O5/c1-24(14-17(26)22-15-6-8-16(30-2)9-7-15)18(27)10-13-25-19(28)21(23-20(25)29)11-4-3-5-12-21/h6-9H,3-5,10-14H2,1-2H3,(H,22,26)(H,23,29). The number of urea groups is 1. The fourth-order valence-corrected chi connectivity index (χ4v) is 3.95. The van der Waals surface area contributed by atoms with Crippen molar-refractivity contribution in [2.45, 2.75) is 44.1 Å². The van der Waals surface area contributed by atoms with Crippen molar-refractivity contribution in [1.29, 1.82) is 0 Å². The number of ether oxygens (including phenoxy) is 1. The molecule has 0 aromatic heterocycles. The summed E-state index contributed by atoms with van der Waals surface area (Å²) in [5, 5.41) is 5.54. The Kier molecular flexibility index (Phi) is 6.59. The smallest absolute Gasteiger partial charge is 0.325 e. The first-order valence-electron chi connectivity index (χ1n) is 10.2. The van der Waals surface area contributed by atoms with Crippen LogP contribution in [0.5, 0.6) is 5.75 Å². The molecule has 1 aromatic rings. The van der Waals surface area contributed by atoms with Crippen LogP contribution in [-0.4, -0.2) is 66.3 Å². The SMILES string of the molecule is COc1ccc(NC(=O)CN(C)C(=O)CCN2C(=O)NC3(CCCCC3)C2=O)cc1. The molecule has 162 valence electrons. The third-order valence-corrected chi connectivity index (χ3v) is 5.68. The third kappa shape index (κ3) is 4.72.